The van der Waals surface area contributed by atoms with Gasteiger partial charge in [0, 0.05) is 11.8 Å². The van der Waals surface area contributed by atoms with E-state index in [-0.39, 0.29) is 17.7 Å². The van der Waals surface area contributed by atoms with Crippen molar-refractivity contribution in [2.45, 2.75) is 20.3 Å². The number of primary amides is 1. The second-order valence-electron chi connectivity index (χ2n) is 2.41. The number of carbonyl (C=O) groups is 2. The van der Waals surface area contributed by atoms with Crippen molar-refractivity contribution in [2.24, 2.45) is 17.6 Å². The van der Waals surface area contributed by atoms with Crippen molar-refractivity contribution in [3.05, 3.63) is 0 Å². The number of amides is 1. The zero-order chi connectivity index (χ0) is 8.15. The van der Waals surface area contributed by atoms with E-state index in [0.717, 1.165) is 6.29 Å². The van der Waals surface area contributed by atoms with E-state index in [4.69, 9.17) is 5.73 Å². The van der Waals surface area contributed by atoms with Crippen molar-refractivity contribution in [1.82, 2.24) is 0 Å². The first-order chi connectivity index (χ1) is 4.63. The Morgan fingerprint density at radius 3 is 2.30 bits per heavy atom. The van der Waals surface area contributed by atoms with Crippen LogP contribution in [0.25, 0.3) is 0 Å². The van der Waals surface area contributed by atoms with Crippen LogP contribution in [-0.4, -0.2) is 12.2 Å². The lowest BCUT2D eigenvalue weighted by molar-refractivity contribution is -0.126. The molecule has 0 saturated carbocycles. The molecule has 0 radical (unpaired) electrons. The van der Waals surface area contributed by atoms with Crippen LogP contribution in [0.4, 0.5) is 0 Å². The summed E-state index contributed by atoms with van der Waals surface area (Å²) in [4.78, 5) is 20.8. The molecule has 0 aliphatic rings. The summed E-state index contributed by atoms with van der Waals surface area (Å²) in [5, 5.41) is 0. The fraction of sp³-hybridized carbons (Fsp3) is 0.714. The zero-order valence-electron chi connectivity index (χ0n) is 6.33. The highest BCUT2D eigenvalue weighted by atomic mass is 16.1. The van der Waals surface area contributed by atoms with Crippen LogP contribution in [-0.2, 0) is 9.59 Å². The molecule has 2 N–H and O–H groups in total. The smallest absolute Gasteiger partial charge is 0.221 e. The molecule has 0 aromatic carbocycles. The zero-order valence-corrected chi connectivity index (χ0v) is 6.33. The van der Waals surface area contributed by atoms with Gasteiger partial charge in [0.25, 0.3) is 0 Å². The lowest BCUT2D eigenvalue weighted by Crippen LogP contribution is -2.28. The Bertz CT molecular complexity index is 134. The van der Waals surface area contributed by atoms with E-state index in [0.29, 0.717) is 6.42 Å². The van der Waals surface area contributed by atoms with Gasteiger partial charge in [-0.25, -0.2) is 0 Å². The summed E-state index contributed by atoms with van der Waals surface area (Å²) in [7, 11) is 0. The second-order valence-corrected chi connectivity index (χ2v) is 2.41. The number of aldehydes is 1. The quantitative estimate of drug-likeness (QED) is 0.576. The van der Waals surface area contributed by atoms with Crippen LogP contribution in [0.5, 0.6) is 0 Å². The monoisotopic (exact) mass is 143 g/mol. The van der Waals surface area contributed by atoms with Gasteiger partial charge in [0.2, 0.25) is 5.91 Å². The van der Waals surface area contributed by atoms with Gasteiger partial charge in [0.1, 0.15) is 6.29 Å². The topological polar surface area (TPSA) is 60.2 Å². The van der Waals surface area contributed by atoms with Gasteiger partial charge >= 0.3 is 0 Å². The van der Waals surface area contributed by atoms with E-state index in [9.17, 15) is 9.59 Å². The molecule has 0 heterocycles. The number of rotatable bonds is 4. The summed E-state index contributed by atoms with van der Waals surface area (Å²) in [5.74, 6) is -0.929. The third-order valence-electron chi connectivity index (χ3n) is 1.65. The maximum absolute atomic E-state index is 10.6. The summed E-state index contributed by atoms with van der Waals surface area (Å²) in [5.41, 5.74) is 5.03. The fourth-order valence-corrected chi connectivity index (χ4v) is 0.927. The molecule has 0 aromatic heterocycles. The first-order valence-electron chi connectivity index (χ1n) is 3.38. The van der Waals surface area contributed by atoms with E-state index in [1.54, 1.807) is 6.92 Å². The highest BCUT2D eigenvalue weighted by Gasteiger charge is 2.19. The molecule has 2 atom stereocenters. The van der Waals surface area contributed by atoms with Gasteiger partial charge in [0.15, 0.2) is 0 Å². The normalized spacial score (nSPS) is 15.8. The molecule has 0 saturated heterocycles. The maximum atomic E-state index is 10.6. The molecule has 1 amide bonds. The van der Waals surface area contributed by atoms with Crippen LogP contribution in [0.1, 0.15) is 20.3 Å². The Balaban J connectivity index is 4.05. The number of hydrogen-bond donors (Lipinski definition) is 1. The highest BCUT2D eigenvalue weighted by molar-refractivity contribution is 5.79. The van der Waals surface area contributed by atoms with E-state index in [1.165, 1.54) is 0 Å². The van der Waals surface area contributed by atoms with E-state index in [2.05, 4.69) is 0 Å². The van der Waals surface area contributed by atoms with Crippen molar-refractivity contribution >= 4 is 12.2 Å². The van der Waals surface area contributed by atoms with E-state index < -0.39 is 0 Å². The van der Waals surface area contributed by atoms with Crippen LogP contribution < -0.4 is 5.73 Å². The minimum atomic E-state index is -0.387. The average Bonchev–Trinajstić information content (AvgIpc) is 1.88. The molecule has 0 fully saturated rings. The first kappa shape index (κ1) is 9.14. The Labute approximate surface area is 60.6 Å². The Kier molecular flexibility index (Phi) is 3.69. The maximum Gasteiger partial charge on any atom is 0.221 e. The van der Waals surface area contributed by atoms with Crippen molar-refractivity contribution in [3.8, 4) is 0 Å². The molecule has 0 aliphatic carbocycles. The summed E-state index contributed by atoms with van der Waals surface area (Å²) in [6.07, 6.45) is 1.40. The average molecular weight is 143 g/mol. The van der Waals surface area contributed by atoms with Gasteiger partial charge in [-0.05, 0) is 6.42 Å². The van der Waals surface area contributed by atoms with Gasteiger partial charge < -0.3 is 10.5 Å². The van der Waals surface area contributed by atoms with E-state index in [1.807, 2.05) is 6.92 Å². The van der Waals surface area contributed by atoms with Crippen LogP contribution in [0.15, 0.2) is 0 Å². The molecule has 0 aromatic rings. The summed E-state index contributed by atoms with van der Waals surface area (Å²) >= 11 is 0. The number of hydrogen-bond acceptors (Lipinski definition) is 2. The predicted octanol–water partition coefficient (Wildman–Crippen LogP) is 0.333. The lowest BCUT2D eigenvalue weighted by atomic mass is 9.92. The van der Waals surface area contributed by atoms with Gasteiger partial charge in [0.05, 0.1) is 0 Å². The molecule has 0 spiro atoms. The standard InChI is InChI=1S/C7H13NO2/c1-3-6(7(8)10)5(2)4-9/h4-6H,3H2,1-2H3,(H2,8,10). The highest BCUT2D eigenvalue weighted by Crippen LogP contribution is 2.11. The molecular weight excluding hydrogens is 130 g/mol. The first-order valence-corrected chi connectivity index (χ1v) is 3.38. The summed E-state index contributed by atoms with van der Waals surface area (Å²) < 4.78 is 0. The van der Waals surface area contributed by atoms with E-state index >= 15 is 0 Å². The van der Waals surface area contributed by atoms with Gasteiger partial charge in [-0.15, -0.1) is 0 Å². The fourth-order valence-electron chi connectivity index (χ4n) is 0.927. The predicted molar refractivity (Wildman–Crippen MR) is 38.2 cm³/mol. The minimum Gasteiger partial charge on any atom is -0.369 e. The van der Waals surface area contributed by atoms with Gasteiger partial charge in [-0.2, -0.15) is 0 Å². The molecular formula is C7H13NO2. The second kappa shape index (κ2) is 4.04. The van der Waals surface area contributed by atoms with Gasteiger partial charge in [-0.3, -0.25) is 4.79 Å². The third kappa shape index (κ3) is 2.17. The van der Waals surface area contributed by atoms with Crippen LogP contribution >= 0.6 is 0 Å². The summed E-state index contributed by atoms with van der Waals surface area (Å²) in [6.45, 7) is 3.54. The van der Waals surface area contributed by atoms with Crippen LogP contribution in [0.2, 0.25) is 0 Å². The van der Waals surface area contributed by atoms with Crippen LogP contribution in [0.3, 0.4) is 0 Å². The molecule has 58 valence electrons. The Hall–Kier alpha value is -0.860. The number of carbonyl (C=O) groups excluding carboxylic acids is 2. The third-order valence-corrected chi connectivity index (χ3v) is 1.65. The molecule has 0 rings (SSSR count). The van der Waals surface area contributed by atoms with Crippen molar-refractivity contribution < 1.29 is 9.59 Å². The van der Waals surface area contributed by atoms with Crippen molar-refractivity contribution in [3.63, 3.8) is 0 Å². The molecule has 10 heavy (non-hydrogen) atoms. The molecule has 3 heteroatoms. The molecule has 0 aliphatic heterocycles. The molecule has 2 unspecified atom stereocenters. The molecule has 0 bridgehead atoms. The Morgan fingerprint density at radius 1 is 1.70 bits per heavy atom. The largest absolute Gasteiger partial charge is 0.369 e. The van der Waals surface area contributed by atoms with Crippen LogP contribution in [0, 0.1) is 11.8 Å². The molecule has 3 nitrogen and oxygen atoms in total. The van der Waals surface area contributed by atoms with Crippen molar-refractivity contribution in [2.75, 3.05) is 0 Å². The summed E-state index contributed by atoms with van der Waals surface area (Å²) in [6, 6.07) is 0. The SMILES string of the molecule is CCC(C(N)=O)C(C)C=O. The Morgan fingerprint density at radius 2 is 2.20 bits per heavy atom. The number of nitrogens with two attached hydrogens (primary N) is 1. The lowest BCUT2D eigenvalue weighted by Gasteiger charge is -2.12. The van der Waals surface area contributed by atoms with Crippen molar-refractivity contribution in [1.29, 1.82) is 0 Å². The minimum absolute atomic E-state index is 0.248. The van der Waals surface area contributed by atoms with Gasteiger partial charge in [-0.1, -0.05) is 13.8 Å².